The average Bonchev–Trinajstić information content (AvgIpc) is 2.32. The molecule has 0 spiro atoms. The van der Waals surface area contributed by atoms with E-state index in [1.165, 1.54) is 12.8 Å². The molecule has 0 aromatic heterocycles. The van der Waals surface area contributed by atoms with Gasteiger partial charge in [-0.25, -0.2) is 0 Å². The van der Waals surface area contributed by atoms with Crippen molar-refractivity contribution < 1.29 is 4.79 Å². The Labute approximate surface area is 106 Å². The van der Waals surface area contributed by atoms with Crippen LogP contribution in [0, 0.1) is 5.92 Å². The number of nitrogens with two attached hydrogens (primary N) is 1. The zero-order valence-electron chi connectivity index (χ0n) is 11.5. The normalized spacial score (nSPS) is 25.0. The first kappa shape index (κ1) is 14.5. The number of hydrogen-bond acceptors (Lipinski definition) is 2. The van der Waals surface area contributed by atoms with E-state index in [0.29, 0.717) is 17.9 Å². The van der Waals surface area contributed by atoms with Gasteiger partial charge in [-0.1, -0.05) is 19.8 Å². The fraction of sp³-hybridized carbons (Fsp3) is 0.929. The molecule has 1 heterocycles. The molecule has 0 radical (unpaired) electrons. The number of rotatable bonds is 6. The highest BCUT2D eigenvalue weighted by molar-refractivity contribution is 5.76. The SMILES string of the molecule is CC1CCC(C)N(C(=O)CCCCCCN)C1. The lowest BCUT2D eigenvalue weighted by Gasteiger charge is -2.37. The van der Waals surface area contributed by atoms with E-state index in [2.05, 4.69) is 18.7 Å². The zero-order chi connectivity index (χ0) is 12.7. The van der Waals surface area contributed by atoms with Crippen LogP contribution in [0.1, 0.15) is 58.8 Å². The fourth-order valence-electron chi connectivity index (χ4n) is 2.55. The number of likely N-dealkylation sites (tertiary alicyclic amines) is 1. The van der Waals surface area contributed by atoms with Crippen molar-refractivity contribution in [3.63, 3.8) is 0 Å². The summed E-state index contributed by atoms with van der Waals surface area (Å²) in [5.41, 5.74) is 5.45. The lowest BCUT2D eigenvalue weighted by Crippen LogP contribution is -2.44. The van der Waals surface area contributed by atoms with E-state index in [1.54, 1.807) is 0 Å². The molecule has 0 aromatic rings. The van der Waals surface area contributed by atoms with Crippen LogP contribution >= 0.6 is 0 Å². The Hall–Kier alpha value is -0.570. The predicted molar refractivity (Wildman–Crippen MR) is 71.7 cm³/mol. The van der Waals surface area contributed by atoms with Crippen molar-refractivity contribution in [3.8, 4) is 0 Å². The summed E-state index contributed by atoms with van der Waals surface area (Å²) in [6.45, 7) is 6.16. The summed E-state index contributed by atoms with van der Waals surface area (Å²) < 4.78 is 0. The second kappa shape index (κ2) is 7.70. The van der Waals surface area contributed by atoms with E-state index in [9.17, 15) is 4.79 Å². The van der Waals surface area contributed by atoms with Crippen LogP contribution in [0.15, 0.2) is 0 Å². The summed E-state index contributed by atoms with van der Waals surface area (Å²) in [5, 5.41) is 0. The maximum absolute atomic E-state index is 12.1. The quantitative estimate of drug-likeness (QED) is 0.725. The molecule has 2 unspecified atom stereocenters. The Balaban J connectivity index is 2.21. The van der Waals surface area contributed by atoms with Gasteiger partial charge in [-0.05, 0) is 45.1 Å². The molecule has 100 valence electrons. The van der Waals surface area contributed by atoms with Crippen molar-refractivity contribution in [1.82, 2.24) is 4.90 Å². The van der Waals surface area contributed by atoms with E-state index < -0.39 is 0 Å². The summed E-state index contributed by atoms with van der Waals surface area (Å²) in [7, 11) is 0. The monoisotopic (exact) mass is 240 g/mol. The van der Waals surface area contributed by atoms with Crippen LogP contribution in [0.3, 0.4) is 0 Å². The summed E-state index contributed by atoms with van der Waals surface area (Å²) in [6.07, 6.45) is 7.57. The molecule has 1 saturated heterocycles. The van der Waals surface area contributed by atoms with Gasteiger partial charge in [-0.2, -0.15) is 0 Å². The maximum atomic E-state index is 12.1. The summed E-state index contributed by atoms with van der Waals surface area (Å²) in [6, 6.07) is 0.447. The maximum Gasteiger partial charge on any atom is 0.222 e. The van der Waals surface area contributed by atoms with E-state index in [0.717, 1.165) is 45.2 Å². The van der Waals surface area contributed by atoms with Gasteiger partial charge in [0.05, 0.1) is 0 Å². The first-order valence-corrected chi connectivity index (χ1v) is 7.14. The number of hydrogen-bond donors (Lipinski definition) is 1. The van der Waals surface area contributed by atoms with E-state index in [1.807, 2.05) is 0 Å². The van der Waals surface area contributed by atoms with Crippen LogP contribution in [-0.2, 0) is 4.79 Å². The summed E-state index contributed by atoms with van der Waals surface area (Å²) >= 11 is 0. The third-order valence-electron chi connectivity index (χ3n) is 3.78. The molecule has 0 aliphatic carbocycles. The minimum absolute atomic E-state index is 0.358. The zero-order valence-corrected chi connectivity index (χ0v) is 11.5. The van der Waals surface area contributed by atoms with Crippen molar-refractivity contribution in [2.75, 3.05) is 13.1 Å². The minimum Gasteiger partial charge on any atom is -0.340 e. The Kier molecular flexibility index (Phi) is 6.56. The van der Waals surface area contributed by atoms with Crippen molar-refractivity contribution in [1.29, 1.82) is 0 Å². The van der Waals surface area contributed by atoms with Gasteiger partial charge in [0.1, 0.15) is 0 Å². The van der Waals surface area contributed by atoms with Crippen LogP contribution < -0.4 is 5.73 Å². The molecular formula is C14H28N2O. The van der Waals surface area contributed by atoms with Gasteiger partial charge >= 0.3 is 0 Å². The number of unbranched alkanes of at least 4 members (excludes halogenated alkanes) is 3. The largest absolute Gasteiger partial charge is 0.340 e. The van der Waals surface area contributed by atoms with Crippen LogP contribution in [0.25, 0.3) is 0 Å². The smallest absolute Gasteiger partial charge is 0.222 e. The standard InChI is InChI=1S/C14H28N2O/c1-12-8-9-13(2)16(11-12)14(17)7-5-3-4-6-10-15/h12-13H,3-11,15H2,1-2H3. The van der Waals surface area contributed by atoms with Gasteiger partial charge in [0, 0.05) is 19.0 Å². The fourth-order valence-corrected chi connectivity index (χ4v) is 2.55. The van der Waals surface area contributed by atoms with Crippen molar-refractivity contribution in [2.24, 2.45) is 11.7 Å². The topological polar surface area (TPSA) is 46.3 Å². The second-order valence-electron chi connectivity index (χ2n) is 5.53. The lowest BCUT2D eigenvalue weighted by atomic mass is 9.94. The number of piperidine rings is 1. The Morgan fingerprint density at radius 2 is 1.88 bits per heavy atom. The third-order valence-corrected chi connectivity index (χ3v) is 3.78. The average molecular weight is 240 g/mol. The van der Waals surface area contributed by atoms with Gasteiger partial charge in [-0.15, -0.1) is 0 Å². The molecule has 1 amide bonds. The number of carbonyl (C=O) groups is 1. The summed E-state index contributed by atoms with van der Waals surface area (Å²) in [5.74, 6) is 1.03. The molecule has 2 N–H and O–H groups in total. The summed E-state index contributed by atoms with van der Waals surface area (Å²) in [4.78, 5) is 14.2. The molecule has 0 bridgehead atoms. The molecule has 1 rings (SSSR count). The van der Waals surface area contributed by atoms with Gasteiger partial charge in [0.2, 0.25) is 5.91 Å². The number of nitrogens with zero attached hydrogens (tertiary/aromatic N) is 1. The van der Waals surface area contributed by atoms with Gasteiger partial charge in [-0.3, -0.25) is 4.79 Å². The second-order valence-corrected chi connectivity index (χ2v) is 5.53. The van der Waals surface area contributed by atoms with Crippen LogP contribution in [0.4, 0.5) is 0 Å². The Bertz CT molecular complexity index is 230. The van der Waals surface area contributed by atoms with Crippen molar-refractivity contribution in [2.45, 2.75) is 64.8 Å². The highest BCUT2D eigenvalue weighted by Gasteiger charge is 2.26. The predicted octanol–water partition coefficient (Wildman–Crippen LogP) is 2.54. The van der Waals surface area contributed by atoms with E-state index in [4.69, 9.17) is 5.73 Å². The third kappa shape index (κ3) is 5.07. The molecule has 1 fully saturated rings. The molecule has 1 aliphatic heterocycles. The number of carbonyl (C=O) groups excluding carboxylic acids is 1. The molecule has 17 heavy (non-hydrogen) atoms. The van der Waals surface area contributed by atoms with E-state index in [-0.39, 0.29) is 0 Å². The first-order chi connectivity index (χ1) is 8.15. The van der Waals surface area contributed by atoms with E-state index >= 15 is 0 Å². The van der Waals surface area contributed by atoms with Crippen molar-refractivity contribution in [3.05, 3.63) is 0 Å². The van der Waals surface area contributed by atoms with Crippen LogP contribution in [0.2, 0.25) is 0 Å². The minimum atomic E-state index is 0.358. The molecule has 0 saturated carbocycles. The highest BCUT2D eigenvalue weighted by Crippen LogP contribution is 2.22. The first-order valence-electron chi connectivity index (χ1n) is 7.14. The molecule has 1 aliphatic rings. The Morgan fingerprint density at radius 1 is 1.18 bits per heavy atom. The van der Waals surface area contributed by atoms with Gasteiger partial charge < -0.3 is 10.6 Å². The van der Waals surface area contributed by atoms with Gasteiger partial charge in [0.25, 0.3) is 0 Å². The Morgan fingerprint density at radius 3 is 2.59 bits per heavy atom. The molecule has 3 nitrogen and oxygen atoms in total. The molecular weight excluding hydrogens is 212 g/mol. The van der Waals surface area contributed by atoms with Gasteiger partial charge in [0.15, 0.2) is 0 Å². The molecule has 2 atom stereocenters. The van der Waals surface area contributed by atoms with Crippen molar-refractivity contribution >= 4 is 5.91 Å². The molecule has 0 aromatic carbocycles. The number of amides is 1. The highest BCUT2D eigenvalue weighted by atomic mass is 16.2. The molecule has 3 heteroatoms. The lowest BCUT2D eigenvalue weighted by molar-refractivity contribution is -0.135. The van der Waals surface area contributed by atoms with Crippen LogP contribution in [0.5, 0.6) is 0 Å². The van der Waals surface area contributed by atoms with Crippen LogP contribution in [-0.4, -0.2) is 29.9 Å².